The molecule has 0 amide bonds. The average Bonchev–Trinajstić information content (AvgIpc) is 3.30. The second-order valence-corrected chi connectivity index (χ2v) is 14.9. The van der Waals surface area contributed by atoms with Crippen LogP contribution in [-0.2, 0) is 0 Å². The quantitative estimate of drug-likeness (QED) is 0.170. The molecule has 0 saturated carbocycles. The van der Waals surface area contributed by atoms with Crippen molar-refractivity contribution in [1.29, 1.82) is 0 Å². The maximum Gasteiger partial charge on any atom is 0.197 e. The number of rotatable bonds is 2. The third kappa shape index (κ3) is 5.39. The molecule has 8 nitrogen and oxygen atoms in total. The van der Waals surface area contributed by atoms with Gasteiger partial charge >= 0.3 is 0 Å². The van der Waals surface area contributed by atoms with Gasteiger partial charge in [-0.1, -0.05) is 84.9 Å². The van der Waals surface area contributed by atoms with Gasteiger partial charge in [0.2, 0.25) is 0 Å². The van der Waals surface area contributed by atoms with Gasteiger partial charge in [-0.3, -0.25) is 19.2 Å². The molecule has 0 aliphatic rings. The average molecular weight is 777 g/mol. The first-order valence-corrected chi connectivity index (χ1v) is 19.6. The summed E-state index contributed by atoms with van der Waals surface area (Å²) in [6.45, 7) is 0. The molecule has 2 N–H and O–H groups in total. The summed E-state index contributed by atoms with van der Waals surface area (Å²) in [5.41, 5.74) is 7.64. The Morgan fingerprint density at radius 3 is 1.02 bits per heavy atom. The fourth-order valence-corrected chi connectivity index (χ4v) is 8.63. The first-order chi connectivity index (χ1) is 29.4. The number of fused-ring (bicyclic) bond motifs is 8. The summed E-state index contributed by atoms with van der Waals surface area (Å²) in [7, 11) is 0. The molecule has 0 unspecified atom stereocenters. The molecule has 0 aliphatic heterocycles. The van der Waals surface area contributed by atoms with Crippen LogP contribution < -0.4 is 21.7 Å². The molecule has 0 bridgehead atoms. The largest absolute Gasteiger partial charge is 0.354 e. The normalized spacial score (nSPS) is 11.6. The summed E-state index contributed by atoms with van der Waals surface area (Å²) in [5.74, 6) is 0. The molecule has 0 fully saturated rings. The Bertz CT molecular complexity index is 3720. The topological polar surface area (TPSA) is 110 Å². The smallest absolute Gasteiger partial charge is 0.197 e. The molecule has 0 radical (unpaired) electrons. The van der Waals surface area contributed by atoms with E-state index in [0.29, 0.717) is 65.2 Å². The Labute approximate surface area is 339 Å². The molecular weight excluding hydrogens is 745 g/mol. The number of nitrogens with zero attached hydrogens (tertiary/aromatic N) is 2. The maximum absolute atomic E-state index is 13.8. The highest BCUT2D eigenvalue weighted by Gasteiger charge is 2.18. The second-order valence-electron chi connectivity index (χ2n) is 14.9. The van der Waals surface area contributed by atoms with Crippen LogP contribution in [0.1, 0.15) is 0 Å². The second kappa shape index (κ2) is 13.6. The Hall–Kier alpha value is -8.36. The van der Waals surface area contributed by atoms with Gasteiger partial charge in [0.15, 0.2) is 21.7 Å². The molecule has 4 heterocycles. The van der Waals surface area contributed by atoms with E-state index in [1.807, 2.05) is 158 Å². The van der Waals surface area contributed by atoms with Crippen molar-refractivity contribution in [2.24, 2.45) is 0 Å². The first-order valence-electron chi connectivity index (χ1n) is 19.6. The van der Waals surface area contributed by atoms with Gasteiger partial charge in [-0.2, -0.15) is 0 Å². The number of para-hydroxylation sites is 6. The van der Waals surface area contributed by atoms with Crippen LogP contribution >= 0.6 is 0 Å². The van der Waals surface area contributed by atoms with E-state index in [1.165, 1.54) is 0 Å². The number of hydrogen-bond donors (Lipinski definition) is 2. The summed E-state index contributed by atoms with van der Waals surface area (Å²) < 4.78 is 4.15. The van der Waals surface area contributed by atoms with E-state index in [1.54, 1.807) is 24.3 Å². The monoisotopic (exact) mass is 776 g/mol. The lowest BCUT2D eigenvalue weighted by Gasteiger charge is -2.19. The van der Waals surface area contributed by atoms with Crippen molar-refractivity contribution in [1.82, 2.24) is 19.1 Å². The number of pyridine rings is 4. The third-order valence-electron chi connectivity index (χ3n) is 11.4. The fraction of sp³-hybridized carbons (Fsp3) is 0. The molecular formula is C52H32N4O4. The van der Waals surface area contributed by atoms with Crippen molar-refractivity contribution >= 4 is 87.2 Å². The van der Waals surface area contributed by atoms with E-state index in [0.717, 1.165) is 33.4 Å². The Balaban J connectivity index is 0.000000147. The number of aromatic nitrogens is 4. The molecule has 8 aromatic carbocycles. The summed E-state index contributed by atoms with van der Waals surface area (Å²) in [4.78, 5) is 59.7. The molecule has 284 valence electrons. The lowest BCUT2D eigenvalue weighted by molar-refractivity contribution is 1.15. The van der Waals surface area contributed by atoms with E-state index >= 15 is 0 Å². The highest BCUT2D eigenvalue weighted by Crippen LogP contribution is 2.30. The van der Waals surface area contributed by atoms with Gasteiger partial charge in [0.05, 0.1) is 33.1 Å². The van der Waals surface area contributed by atoms with Crippen molar-refractivity contribution in [3.63, 3.8) is 0 Å². The van der Waals surface area contributed by atoms with Gasteiger partial charge in [-0.25, -0.2) is 0 Å². The molecule has 0 saturated heterocycles. The number of hydrogen-bond acceptors (Lipinski definition) is 4. The molecule has 8 heteroatoms. The SMILES string of the molecule is O=c1c2ccccc2[nH]c2cc3c(=O)c4ccccc4[nH]c3cc12.O=c1c2ccccc2n(-c2ccccc2)c2cc3c(=O)c4ccccc4n(-c4ccccc4)c3cc12. The Morgan fingerprint density at radius 2 is 0.600 bits per heavy atom. The zero-order valence-corrected chi connectivity index (χ0v) is 31.8. The van der Waals surface area contributed by atoms with Gasteiger partial charge < -0.3 is 19.1 Å². The lowest BCUT2D eigenvalue weighted by atomic mass is 10.0. The molecule has 4 aromatic heterocycles. The van der Waals surface area contributed by atoms with Crippen molar-refractivity contribution in [3.8, 4) is 11.4 Å². The van der Waals surface area contributed by atoms with Gasteiger partial charge in [0.1, 0.15) is 0 Å². The van der Waals surface area contributed by atoms with E-state index in [-0.39, 0.29) is 21.7 Å². The van der Waals surface area contributed by atoms with Crippen molar-refractivity contribution in [3.05, 3.63) is 223 Å². The highest BCUT2D eigenvalue weighted by atomic mass is 16.1. The van der Waals surface area contributed by atoms with Gasteiger partial charge in [-0.15, -0.1) is 0 Å². The van der Waals surface area contributed by atoms with Crippen LogP contribution in [0.4, 0.5) is 0 Å². The minimum absolute atomic E-state index is 0.0322. The van der Waals surface area contributed by atoms with Crippen LogP contribution in [0.2, 0.25) is 0 Å². The zero-order valence-electron chi connectivity index (χ0n) is 31.8. The van der Waals surface area contributed by atoms with Gasteiger partial charge in [0, 0.05) is 65.5 Å². The molecule has 12 rings (SSSR count). The molecule has 60 heavy (non-hydrogen) atoms. The van der Waals surface area contributed by atoms with Crippen LogP contribution in [0.3, 0.4) is 0 Å². The minimum atomic E-state index is -0.0464. The predicted octanol–water partition coefficient (Wildman–Crippen LogP) is 10.3. The summed E-state index contributed by atoms with van der Waals surface area (Å²) in [6, 6.07) is 57.3. The highest BCUT2D eigenvalue weighted by molar-refractivity contribution is 6.06. The van der Waals surface area contributed by atoms with Crippen LogP contribution in [-0.4, -0.2) is 19.1 Å². The van der Waals surface area contributed by atoms with Crippen LogP contribution in [0.5, 0.6) is 0 Å². The number of H-pyrrole nitrogens is 2. The first kappa shape index (κ1) is 34.9. The molecule has 0 aliphatic carbocycles. The summed E-state index contributed by atoms with van der Waals surface area (Å²) in [5, 5.41) is 4.87. The Morgan fingerprint density at radius 1 is 0.267 bits per heavy atom. The Kier molecular flexibility index (Phi) is 7.92. The van der Waals surface area contributed by atoms with Crippen LogP contribution in [0.25, 0.3) is 98.6 Å². The van der Waals surface area contributed by atoms with Crippen molar-refractivity contribution in [2.45, 2.75) is 0 Å². The van der Waals surface area contributed by atoms with Gasteiger partial charge in [0.25, 0.3) is 0 Å². The van der Waals surface area contributed by atoms with E-state index in [2.05, 4.69) is 19.1 Å². The molecule has 12 aromatic rings. The summed E-state index contributed by atoms with van der Waals surface area (Å²) in [6.07, 6.45) is 0. The van der Waals surface area contributed by atoms with Gasteiger partial charge in [-0.05, 0) is 97.1 Å². The van der Waals surface area contributed by atoms with Crippen LogP contribution in [0, 0.1) is 0 Å². The minimum Gasteiger partial charge on any atom is -0.354 e. The molecule has 0 atom stereocenters. The van der Waals surface area contributed by atoms with Crippen molar-refractivity contribution in [2.75, 3.05) is 0 Å². The number of benzene rings is 8. The lowest BCUT2D eigenvalue weighted by Crippen LogP contribution is -2.14. The third-order valence-corrected chi connectivity index (χ3v) is 11.4. The predicted molar refractivity (Wildman–Crippen MR) is 245 cm³/mol. The molecule has 0 spiro atoms. The standard InChI is InChI=1S/C32H20N2O2.C20H12N2O2/c35-31-23-15-7-9-17-27(23)33(21-11-3-1-4-12-21)29-19-26-30(20-25(29)31)34(22-13-5-2-6-14-22)28-18-10-8-16-24(28)32(26)36;23-19-11-5-1-3-7-15(11)21-17-10-14-18(9-13(17)19)22-16-8-4-2-6-12(16)20(14)24/h1-20H;1-10H,(H,21,23)(H,22,24). The summed E-state index contributed by atoms with van der Waals surface area (Å²) >= 11 is 0. The number of nitrogens with one attached hydrogen (secondary N) is 2. The fourth-order valence-electron chi connectivity index (χ4n) is 8.63. The van der Waals surface area contributed by atoms with E-state index in [9.17, 15) is 19.2 Å². The van der Waals surface area contributed by atoms with E-state index in [4.69, 9.17) is 0 Å². The van der Waals surface area contributed by atoms with E-state index < -0.39 is 0 Å². The van der Waals surface area contributed by atoms with Crippen molar-refractivity contribution < 1.29 is 0 Å². The van der Waals surface area contributed by atoms with Crippen LogP contribution in [0.15, 0.2) is 201 Å². The number of aromatic amines is 2. The maximum atomic E-state index is 13.8. The zero-order chi connectivity index (χ0) is 40.5.